The molecule has 0 fully saturated rings. The fraction of sp³-hybridized carbons (Fsp3) is 0.440. The molecule has 1 rings (SSSR count). The van der Waals surface area contributed by atoms with Crippen LogP contribution in [0.2, 0.25) is 0 Å². The second kappa shape index (κ2) is 27.3. The van der Waals surface area contributed by atoms with Crippen LogP contribution in [0.3, 0.4) is 0 Å². The molecule has 29 heavy (non-hydrogen) atoms. The van der Waals surface area contributed by atoms with E-state index in [0.29, 0.717) is 0 Å². The van der Waals surface area contributed by atoms with E-state index in [1.807, 2.05) is 68.5 Å². The molecule has 0 aromatic heterocycles. The van der Waals surface area contributed by atoms with Crippen LogP contribution in [-0.4, -0.2) is 0 Å². The quantitative estimate of drug-likeness (QED) is 0.380. The maximum Gasteiger partial charge on any atom is 0.0438 e. The molecule has 0 aliphatic heterocycles. The Morgan fingerprint density at radius 2 is 1.28 bits per heavy atom. The van der Waals surface area contributed by atoms with Gasteiger partial charge >= 0.3 is 0 Å². The zero-order valence-electron chi connectivity index (χ0n) is 18.8. The van der Waals surface area contributed by atoms with E-state index < -0.39 is 0 Å². The Morgan fingerprint density at radius 1 is 0.759 bits per heavy atom. The molecule has 1 aromatic carbocycles. The van der Waals surface area contributed by atoms with Crippen LogP contribution in [0.25, 0.3) is 5.03 Å². The fourth-order valence-electron chi connectivity index (χ4n) is 1.63. The van der Waals surface area contributed by atoms with Crippen molar-refractivity contribution in [2.24, 2.45) is 0 Å². The van der Waals surface area contributed by atoms with Gasteiger partial charge in [-0.25, -0.2) is 0 Å². The molecule has 0 saturated heterocycles. The summed E-state index contributed by atoms with van der Waals surface area (Å²) in [6.07, 6.45) is 13.0. The van der Waals surface area contributed by atoms with Gasteiger partial charge in [-0.05, 0) is 44.6 Å². The molecule has 0 heterocycles. The van der Waals surface area contributed by atoms with Crippen molar-refractivity contribution in [2.75, 3.05) is 0 Å². The van der Waals surface area contributed by atoms with Crippen LogP contribution >= 0.6 is 46.4 Å². The van der Waals surface area contributed by atoms with Crippen molar-refractivity contribution in [3.8, 4) is 0 Å². The van der Waals surface area contributed by atoms with E-state index in [4.69, 9.17) is 46.4 Å². The number of hydrogen-bond donors (Lipinski definition) is 0. The maximum atomic E-state index is 5.97. The lowest BCUT2D eigenvalue weighted by Gasteiger charge is -1.96. The Bertz CT molecular complexity index is 566. The highest BCUT2D eigenvalue weighted by molar-refractivity contribution is 6.48. The molecule has 0 saturated carbocycles. The van der Waals surface area contributed by atoms with E-state index in [9.17, 15) is 0 Å². The molecule has 0 amide bonds. The molecule has 166 valence electrons. The van der Waals surface area contributed by atoms with Gasteiger partial charge in [-0.1, -0.05) is 136 Å². The van der Waals surface area contributed by atoms with Gasteiger partial charge in [0.2, 0.25) is 0 Å². The van der Waals surface area contributed by atoms with Crippen molar-refractivity contribution in [1.82, 2.24) is 0 Å². The first kappa shape index (κ1) is 33.0. The van der Waals surface area contributed by atoms with Gasteiger partial charge in [-0.2, -0.15) is 0 Å². The highest BCUT2D eigenvalue weighted by atomic mass is 35.5. The predicted octanol–water partition coefficient (Wildman–Crippen LogP) is 11.3. The minimum Gasteiger partial charge on any atom is -0.0933 e. The van der Waals surface area contributed by atoms with Gasteiger partial charge in [-0.3, -0.25) is 0 Å². The van der Waals surface area contributed by atoms with Crippen LogP contribution in [-0.2, 0) is 0 Å². The molecule has 1 aromatic rings. The van der Waals surface area contributed by atoms with Crippen LogP contribution in [0.4, 0.5) is 0 Å². The topological polar surface area (TPSA) is 0 Å². The smallest absolute Gasteiger partial charge is 0.0438 e. The summed E-state index contributed by atoms with van der Waals surface area (Å²) in [6.45, 7) is 12.2. The number of allylic oxidation sites excluding steroid dienone is 6. The van der Waals surface area contributed by atoms with Gasteiger partial charge in [0.25, 0.3) is 0 Å². The molecule has 0 N–H and O–H groups in total. The molecular formula is C25H38Cl4. The molecule has 0 radical (unpaired) electrons. The van der Waals surface area contributed by atoms with Crippen LogP contribution in [0.1, 0.15) is 79.2 Å². The summed E-state index contributed by atoms with van der Waals surface area (Å²) < 4.78 is 0. The zero-order valence-corrected chi connectivity index (χ0v) is 21.8. The first-order valence-electron chi connectivity index (χ1n) is 10.2. The van der Waals surface area contributed by atoms with Crippen LogP contribution in [0.5, 0.6) is 0 Å². The van der Waals surface area contributed by atoms with Crippen molar-refractivity contribution >= 4 is 51.4 Å². The summed E-state index contributed by atoms with van der Waals surface area (Å²) in [6, 6.07) is 9.98. The van der Waals surface area contributed by atoms with E-state index >= 15 is 0 Å². The molecule has 0 spiro atoms. The SMILES string of the molecule is CCC=C(C)Cl.CCC=C(Cl)CC.CCC=C(Cl)c1ccccc1.CCC=CCl. The Hall–Kier alpha value is -0.660. The Kier molecular flexibility index (Phi) is 31.1. The third kappa shape index (κ3) is 29.6. The lowest BCUT2D eigenvalue weighted by atomic mass is 10.2. The van der Waals surface area contributed by atoms with Crippen LogP contribution < -0.4 is 0 Å². The van der Waals surface area contributed by atoms with Gasteiger partial charge in [0.05, 0.1) is 0 Å². The predicted molar refractivity (Wildman–Crippen MR) is 140 cm³/mol. The number of rotatable bonds is 6. The molecule has 0 aliphatic rings. The molecular weight excluding hydrogens is 442 g/mol. The monoisotopic (exact) mass is 478 g/mol. The number of hydrogen-bond acceptors (Lipinski definition) is 0. The molecule has 0 nitrogen and oxygen atoms in total. The summed E-state index contributed by atoms with van der Waals surface area (Å²) in [7, 11) is 0. The van der Waals surface area contributed by atoms with Crippen molar-refractivity contribution in [2.45, 2.75) is 73.6 Å². The number of benzene rings is 1. The second-order valence-corrected chi connectivity index (χ2v) is 7.45. The summed E-state index contributed by atoms with van der Waals surface area (Å²) >= 11 is 22.2. The summed E-state index contributed by atoms with van der Waals surface area (Å²) in [5.41, 5.74) is 2.62. The summed E-state index contributed by atoms with van der Waals surface area (Å²) in [4.78, 5) is 0. The van der Waals surface area contributed by atoms with E-state index in [1.54, 1.807) is 0 Å². The average Bonchev–Trinajstić information content (AvgIpc) is 2.71. The largest absolute Gasteiger partial charge is 0.0933 e. The average molecular weight is 480 g/mol. The van der Waals surface area contributed by atoms with Crippen molar-refractivity contribution < 1.29 is 0 Å². The van der Waals surface area contributed by atoms with E-state index in [0.717, 1.165) is 52.8 Å². The lowest BCUT2D eigenvalue weighted by molar-refractivity contribution is 1.13. The molecule has 0 bridgehead atoms. The van der Waals surface area contributed by atoms with Crippen molar-refractivity contribution in [1.29, 1.82) is 0 Å². The minimum absolute atomic E-state index is 0.841. The van der Waals surface area contributed by atoms with Gasteiger partial charge in [-0.15, -0.1) is 0 Å². The third-order valence-corrected chi connectivity index (χ3v) is 4.13. The molecule has 4 heteroatoms. The lowest BCUT2D eigenvalue weighted by Crippen LogP contribution is -1.73. The Morgan fingerprint density at radius 3 is 1.52 bits per heavy atom. The van der Waals surface area contributed by atoms with Crippen LogP contribution in [0.15, 0.2) is 70.2 Å². The zero-order chi connectivity index (χ0) is 22.9. The maximum absolute atomic E-state index is 5.97. The first-order valence-corrected chi connectivity index (χ1v) is 11.7. The molecule has 0 atom stereocenters. The first-order chi connectivity index (χ1) is 13.8. The van der Waals surface area contributed by atoms with Gasteiger partial charge in [0.15, 0.2) is 0 Å². The number of halogens is 4. The Balaban J connectivity index is -0.000000330. The van der Waals surface area contributed by atoms with Crippen LogP contribution in [0, 0.1) is 0 Å². The summed E-state index contributed by atoms with van der Waals surface area (Å²) in [5, 5.41) is 2.70. The van der Waals surface area contributed by atoms with Gasteiger partial charge in [0.1, 0.15) is 0 Å². The molecule has 0 aliphatic carbocycles. The normalized spacial score (nSPS) is 11.6. The second-order valence-electron chi connectivity index (χ2n) is 5.71. The van der Waals surface area contributed by atoms with E-state index in [-0.39, 0.29) is 0 Å². The standard InChI is InChI=1S/C10H11Cl.C6H11Cl.C5H9Cl.C4H7Cl/c1-2-6-10(11)9-7-4-3-5-8-9;1-3-5-6(7)4-2;1-3-4-5(2)6;1-2-3-4-5/h3-8H,2H2,1H3;5H,3-4H2,1-2H3;4H,3H2,1-2H3;3-4H,2H2,1H3. The third-order valence-electron chi connectivity index (χ3n) is 3.01. The van der Waals surface area contributed by atoms with E-state index in [2.05, 4.69) is 27.7 Å². The van der Waals surface area contributed by atoms with E-state index in [1.165, 1.54) is 5.54 Å². The Labute approximate surface area is 200 Å². The fourth-order valence-corrected chi connectivity index (χ4v) is 2.40. The molecule has 0 unspecified atom stereocenters. The minimum atomic E-state index is 0.841. The highest BCUT2D eigenvalue weighted by Crippen LogP contribution is 2.18. The van der Waals surface area contributed by atoms with Gasteiger partial charge in [0, 0.05) is 20.6 Å². The van der Waals surface area contributed by atoms with Crippen molar-refractivity contribution in [3.63, 3.8) is 0 Å². The summed E-state index contributed by atoms with van der Waals surface area (Å²) in [5.74, 6) is 0. The van der Waals surface area contributed by atoms with Gasteiger partial charge < -0.3 is 0 Å². The van der Waals surface area contributed by atoms with Crippen molar-refractivity contribution in [3.05, 3.63) is 75.8 Å². The highest BCUT2D eigenvalue weighted by Gasteiger charge is 1.92.